The van der Waals surface area contributed by atoms with Crippen LogP contribution in [0.4, 0.5) is 0 Å². The van der Waals surface area contributed by atoms with Crippen LogP contribution in [-0.2, 0) is 19.1 Å². The molecule has 3 N–H and O–H groups in total. The summed E-state index contributed by atoms with van der Waals surface area (Å²) in [5, 5.41) is 2.26. The molecule has 0 fully saturated rings. The molecule has 2 aromatic rings. The topological polar surface area (TPSA) is 98.5 Å². The third-order valence-corrected chi connectivity index (χ3v) is 3.60. The summed E-state index contributed by atoms with van der Waals surface area (Å²) < 4.78 is 5.01. The average Bonchev–Trinajstić information content (AvgIpc) is 2.64. The maximum absolute atomic E-state index is 12.1. The van der Waals surface area contributed by atoms with Crippen LogP contribution in [0.1, 0.15) is 23.5 Å². The predicted molar refractivity (Wildman–Crippen MR) is 92.5 cm³/mol. The fourth-order valence-electron chi connectivity index (χ4n) is 2.41. The van der Waals surface area contributed by atoms with Gasteiger partial charge in [-0.25, -0.2) is 0 Å². The van der Waals surface area contributed by atoms with E-state index in [0.717, 1.165) is 11.1 Å². The minimum atomic E-state index is -0.659. The van der Waals surface area contributed by atoms with Gasteiger partial charge in [0.25, 0.3) is 5.91 Å². The molecule has 25 heavy (non-hydrogen) atoms. The molecule has 0 unspecified atom stereocenters. The highest BCUT2D eigenvalue weighted by Crippen LogP contribution is 2.28. The second-order valence-electron chi connectivity index (χ2n) is 5.48. The van der Waals surface area contributed by atoms with Crippen molar-refractivity contribution in [1.29, 1.82) is 0 Å². The summed E-state index contributed by atoms with van der Waals surface area (Å²) >= 11 is 0. The lowest BCUT2D eigenvalue weighted by molar-refractivity contribution is -0.148. The van der Waals surface area contributed by atoms with E-state index in [-0.39, 0.29) is 18.9 Å². The summed E-state index contributed by atoms with van der Waals surface area (Å²) in [5.41, 5.74) is 6.91. The molecule has 2 amide bonds. The number of rotatable bonds is 8. The Labute approximate surface area is 146 Å². The maximum atomic E-state index is 12.1. The van der Waals surface area contributed by atoms with E-state index in [1.807, 2.05) is 60.7 Å². The van der Waals surface area contributed by atoms with Gasteiger partial charge in [0, 0.05) is 5.92 Å². The quantitative estimate of drug-likeness (QED) is 0.709. The first-order chi connectivity index (χ1) is 12.1. The first-order valence-corrected chi connectivity index (χ1v) is 7.87. The summed E-state index contributed by atoms with van der Waals surface area (Å²) in [7, 11) is 0. The van der Waals surface area contributed by atoms with Gasteiger partial charge >= 0.3 is 5.97 Å². The van der Waals surface area contributed by atoms with Gasteiger partial charge in [-0.05, 0) is 11.1 Å². The monoisotopic (exact) mass is 340 g/mol. The van der Waals surface area contributed by atoms with Crippen LogP contribution in [0, 0.1) is 0 Å². The van der Waals surface area contributed by atoms with Crippen LogP contribution in [0.2, 0.25) is 0 Å². The van der Waals surface area contributed by atoms with E-state index < -0.39 is 24.4 Å². The molecular formula is C19H20N2O4. The van der Waals surface area contributed by atoms with Gasteiger partial charge in [0.2, 0.25) is 5.91 Å². The van der Waals surface area contributed by atoms with Crippen molar-refractivity contribution < 1.29 is 19.1 Å². The molecule has 0 bridgehead atoms. The number of benzene rings is 2. The van der Waals surface area contributed by atoms with E-state index in [0.29, 0.717) is 0 Å². The number of amides is 2. The SMILES string of the molecule is NC(=O)CNC(=O)COC(=O)CC(c1ccccc1)c1ccccc1. The van der Waals surface area contributed by atoms with Gasteiger partial charge in [-0.3, -0.25) is 14.4 Å². The van der Waals surface area contributed by atoms with E-state index in [2.05, 4.69) is 5.32 Å². The van der Waals surface area contributed by atoms with Gasteiger partial charge < -0.3 is 15.8 Å². The lowest BCUT2D eigenvalue weighted by Crippen LogP contribution is -2.36. The van der Waals surface area contributed by atoms with Gasteiger partial charge in [-0.1, -0.05) is 60.7 Å². The summed E-state index contributed by atoms with van der Waals surface area (Å²) in [6, 6.07) is 19.3. The highest BCUT2D eigenvalue weighted by atomic mass is 16.5. The molecule has 2 aromatic carbocycles. The minimum Gasteiger partial charge on any atom is -0.456 e. The van der Waals surface area contributed by atoms with Crippen molar-refractivity contribution in [1.82, 2.24) is 5.32 Å². The van der Waals surface area contributed by atoms with Crippen molar-refractivity contribution in [2.75, 3.05) is 13.2 Å². The van der Waals surface area contributed by atoms with Gasteiger partial charge in [-0.2, -0.15) is 0 Å². The molecule has 0 aromatic heterocycles. The molecule has 0 heterocycles. The number of nitrogens with one attached hydrogen (secondary N) is 1. The third-order valence-electron chi connectivity index (χ3n) is 3.60. The molecule has 0 saturated carbocycles. The molecule has 0 saturated heterocycles. The van der Waals surface area contributed by atoms with Crippen LogP contribution in [0.15, 0.2) is 60.7 Å². The van der Waals surface area contributed by atoms with Crippen molar-refractivity contribution >= 4 is 17.8 Å². The molecule has 0 aliphatic rings. The second kappa shape index (κ2) is 9.22. The molecule has 0 radical (unpaired) electrons. The van der Waals surface area contributed by atoms with Crippen molar-refractivity contribution in [2.24, 2.45) is 5.73 Å². The Kier molecular flexibility index (Phi) is 6.71. The van der Waals surface area contributed by atoms with E-state index >= 15 is 0 Å². The number of carbonyl (C=O) groups is 3. The molecule has 0 aliphatic carbocycles. The summed E-state index contributed by atoms with van der Waals surface area (Å²) in [6.07, 6.45) is 0.108. The Morgan fingerprint density at radius 1 is 0.920 bits per heavy atom. The van der Waals surface area contributed by atoms with Crippen LogP contribution in [0.25, 0.3) is 0 Å². The molecule has 6 nitrogen and oxygen atoms in total. The van der Waals surface area contributed by atoms with Crippen molar-refractivity contribution in [2.45, 2.75) is 12.3 Å². The maximum Gasteiger partial charge on any atom is 0.307 e. The fraction of sp³-hybridized carbons (Fsp3) is 0.211. The number of ether oxygens (including phenoxy) is 1. The number of hydrogen-bond donors (Lipinski definition) is 2. The van der Waals surface area contributed by atoms with Crippen LogP contribution in [0.3, 0.4) is 0 Å². The van der Waals surface area contributed by atoms with Gasteiger partial charge in [0.05, 0.1) is 13.0 Å². The normalized spacial score (nSPS) is 10.3. The van der Waals surface area contributed by atoms with Crippen LogP contribution >= 0.6 is 0 Å². The molecule has 0 spiro atoms. The number of primary amides is 1. The summed E-state index contributed by atoms with van der Waals surface area (Å²) in [4.78, 5) is 34.2. The van der Waals surface area contributed by atoms with E-state index in [4.69, 9.17) is 10.5 Å². The molecular weight excluding hydrogens is 320 g/mol. The van der Waals surface area contributed by atoms with E-state index in [1.54, 1.807) is 0 Å². The van der Waals surface area contributed by atoms with Crippen molar-refractivity contribution in [3.8, 4) is 0 Å². The molecule has 6 heteroatoms. The fourth-order valence-corrected chi connectivity index (χ4v) is 2.41. The van der Waals surface area contributed by atoms with Gasteiger partial charge in [0.15, 0.2) is 6.61 Å². The molecule has 0 aliphatic heterocycles. The minimum absolute atomic E-state index is 0.108. The second-order valence-corrected chi connectivity index (χ2v) is 5.48. The number of carbonyl (C=O) groups excluding carboxylic acids is 3. The van der Waals surface area contributed by atoms with E-state index in [1.165, 1.54) is 0 Å². The molecule has 130 valence electrons. The average molecular weight is 340 g/mol. The Hall–Kier alpha value is -3.15. The highest BCUT2D eigenvalue weighted by Gasteiger charge is 2.19. The first-order valence-electron chi connectivity index (χ1n) is 7.87. The standard InChI is InChI=1S/C19H20N2O4/c20-17(22)12-21-18(23)13-25-19(24)11-16(14-7-3-1-4-8-14)15-9-5-2-6-10-15/h1-10,16H,11-13H2,(H2,20,22)(H,21,23). The number of nitrogens with two attached hydrogens (primary N) is 1. The number of hydrogen-bond acceptors (Lipinski definition) is 4. The van der Waals surface area contributed by atoms with Crippen LogP contribution < -0.4 is 11.1 Å². The van der Waals surface area contributed by atoms with Gasteiger partial charge in [0.1, 0.15) is 0 Å². The van der Waals surface area contributed by atoms with Crippen molar-refractivity contribution in [3.63, 3.8) is 0 Å². The van der Waals surface area contributed by atoms with Crippen molar-refractivity contribution in [3.05, 3.63) is 71.8 Å². The number of esters is 1. The first kappa shape index (κ1) is 18.2. The van der Waals surface area contributed by atoms with Crippen LogP contribution in [-0.4, -0.2) is 30.9 Å². The third kappa shape index (κ3) is 6.10. The smallest absolute Gasteiger partial charge is 0.307 e. The lowest BCUT2D eigenvalue weighted by atomic mass is 9.89. The lowest BCUT2D eigenvalue weighted by Gasteiger charge is -2.17. The Balaban J connectivity index is 1.99. The van der Waals surface area contributed by atoms with Crippen LogP contribution in [0.5, 0.6) is 0 Å². The predicted octanol–water partition coefficient (Wildman–Crippen LogP) is 1.35. The largest absolute Gasteiger partial charge is 0.456 e. The highest BCUT2D eigenvalue weighted by molar-refractivity contribution is 5.85. The molecule has 0 atom stereocenters. The zero-order chi connectivity index (χ0) is 18.1. The van der Waals surface area contributed by atoms with Gasteiger partial charge in [-0.15, -0.1) is 0 Å². The zero-order valence-corrected chi connectivity index (χ0v) is 13.7. The molecule has 2 rings (SSSR count). The zero-order valence-electron chi connectivity index (χ0n) is 13.7. The summed E-state index contributed by atoms with van der Waals surface area (Å²) in [5.74, 6) is -1.88. The Morgan fingerprint density at radius 2 is 1.44 bits per heavy atom. The Morgan fingerprint density at radius 3 is 1.92 bits per heavy atom. The Bertz CT molecular complexity index is 677. The van der Waals surface area contributed by atoms with E-state index in [9.17, 15) is 14.4 Å². The summed E-state index contributed by atoms with van der Waals surface area (Å²) in [6.45, 7) is -0.727.